The fraction of sp³-hybridized carbons (Fsp3) is 0. The van der Waals surface area contributed by atoms with E-state index in [-0.39, 0.29) is 26.1 Å². The first-order valence-corrected chi connectivity index (χ1v) is 6.39. The van der Waals surface area contributed by atoms with Gasteiger partial charge in [0.25, 0.3) is 0 Å². The number of benzene rings is 1. The van der Waals surface area contributed by atoms with Crippen molar-refractivity contribution >= 4 is 26.1 Å². The van der Waals surface area contributed by atoms with Crippen molar-refractivity contribution in [3.63, 3.8) is 0 Å². The Morgan fingerprint density at radius 1 is 0.800 bits per heavy atom. The van der Waals surface area contributed by atoms with Gasteiger partial charge in [0, 0.05) is 0 Å². The van der Waals surface area contributed by atoms with Crippen molar-refractivity contribution in [1.82, 2.24) is 0 Å². The summed E-state index contributed by atoms with van der Waals surface area (Å²) in [6.07, 6.45) is 0. The molecule has 72 valence electrons. The van der Waals surface area contributed by atoms with E-state index in [0.717, 1.165) is 0 Å². The van der Waals surface area contributed by atoms with Crippen LogP contribution < -0.4 is 0 Å². The third-order valence-electron chi connectivity index (χ3n) is 2.53. The van der Waals surface area contributed by atoms with Gasteiger partial charge in [-0.25, -0.2) is 0 Å². The molecule has 0 N–H and O–H groups in total. The molecule has 0 fully saturated rings. The summed E-state index contributed by atoms with van der Waals surface area (Å²) in [5.41, 5.74) is 1.72. The Kier molecular flexibility index (Phi) is 1.78. The predicted molar refractivity (Wildman–Crippen MR) is 56.7 cm³/mol. The van der Waals surface area contributed by atoms with Crippen LogP contribution in [0.4, 0.5) is 0 Å². The minimum absolute atomic E-state index is 0.00387. The zero-order valence-electron chi connectivity index (χ0n) is 7.69. The van der Waals surface area contributed by atoms with Crippen molar-refractivity contribution in [2.45, 2.75) is 0 Å². The molecule has 3 heteroatoms. The van der Waals surface area contributed by atoms with Crippen LogP contribution in [-0.4, -0.2) is 26.1 Å². The number of carbonyl (C=O) groups is 2. The van der Waals surface area contributed by atoms with Crippen LogP contribution in [0, 0.1) is 0 Å². The molecule has 0 bridgehead atoms. The summed E-state index contributed by atoms with van der Waals surface area (Å²) in [6, 6.07) is 8.82. The average Bonchev–Trinajstić information content (AvgIpc) is 2.75. The van der Waals surface area contributed by atoms with E-state index in [1.807, 2.05) is 4.94 Å². The second kappa shape index (κ2) is 3.02. The molecule has 1 heterocycles. The van der Waals surface area contributed by atoms with Crippen LogP contribution >= 0.6 is 0 Å². The summed E-state index contributed by atoms with van der Waals surface area (Å²) in [5.74, 6) is 0.0287. The molecule has 1 aromatic heterocycles. The Morgan fingerprint density at radius 2 is 1.47 bits per heavy atom. The first-order valence-electron chi connectivity index (χ1n) is 4.55. The summed E-state index contributed by atoms with van der Waals surface area (Å²) in [5, 5.41) is 0. The van der Waals surface area contributed by atoms with Gasteiger partial charge in [-0.3, -0.25) is 0 Å². The third kappa shape index (κ3) is 1.11. The maximum absolute atomic E-state index is 12.0. The van der Waals surface area contributed by atoms with E-state index in [1.54, 1.807) is 30.3 Å². The Bertz CT molecular complexity index is 531. The van der Waals surface area contributed by atoms with E-state index in [4.69, 9.17) is 0 Å². The molecule has 2 nitrogen and oxygen atoms in total. The summed E-state index contributed by atoms with van der Waals surface area (Å²) < 4.78 is 0.714. The molecule has 0 saturated carbocycles. The Morgan fingerprint density at radius 3 is 2.20 bits per heavy atom. The fourth-order valence-corrected chi connectivity index (χ4v) is 3.58. The molecule has 1 aliphatic rings. The van der Waals surface area contributed by atoms with E-state index in [0.29, 0.717) is 21.1 Å². The van der Waals surface area contributed by atoms with Crippen molar-refractivity contribution in [2.75, 3.05) is 0 Å². The number of carbonyl (C=O) groups excluding carboxylic acids is 2. The fourth-order valence-electron chi connectivity index (χ4n) is 1.81. The van der Waals surface area contributed by atoms with Gasteiger partial charge < -0.3 is 0 Å². The molecule has 15 heavy (non-hydrogen) atoms. The van der Waals surface area contributed by atoms with E-state index < -0.39 is 0 Å². The topological polar surface area (TPSA) is 34.1 Å². The van der Waals surface area contributed by atoms with E-state index in [1.165, 1.54) is 0 Å². The Balaban J connectivity index is 2.36. The van der Waals surface area contributed by atoms with Crippen molar-refractivity contribution in [1.29, 1.82) is 0 Å². The molecular formula is C12H6O2Se. The molecule has 0 saturated heterocycles. The SMILES string of the molecule is O=C1c2ccccc2C(=O)c2[se]ccc21. The molecule has 1 aliphatic carbocycles. The van der Waals surface area contributed by atoms with E-state index >= 15 is 0 Å². The molecule has 0 spiro atoms. The van der Waals surface area contributed by atoms with Crippen LogP contribution in [0.3, 0.4) is 0 Å². The summed E-state index contributed by atoms with van der Waals surface area (Å²) in [6.45, 7) is 0. The molecule has 1 aromatic carbocycles. The second-order valence-corrected chi connectivity index (χ2v) is 5.29. The van der Waals surface area contributed by atoms with Crippen molar-refractivity contribution in [3.05, 3.63) is 56.4 Å². The van der Waals surface area contributed by atoms with Gasteiger partial charge in [-0.1, -0.05) is 0 Å². The standard InChI is InChI=1S/C12H6O2Se/c13-10-7-3-1-2-4-8(7)11(14)12-9(10)5-6-15-12/h1-6H. The van der Waals surface area contributed by atoms with Crippen molar-refractivity contribution in [2.24, 2.45) is 0 Å². The van der Waals surface area contributed by atoms with Crippen LogP contribution in [0.1, 0.15) is 30.7 Å². The first-order chi connectivity index (χ1) is 7.29. The molecule has 2 aromatic rings. The molecule has 0 atom stereocenters. The summed E-state index contributed by atoms with van der Waals surface area (Å²) >= 11 is 0.0373. The molecular weight excluding hydrogens is 255 g/mol. The van der Waals surface area contributed by atoms with Gasteiger partial charge in [0.2, 0.25) is 0 Å². The molecule has 0 amide bonds. The van der Waals surface area contributed by atoms with Crippen LogP contribution in [0.2, 0.25) is 0 Å². The van der Waals surface area contributed by atoms with Crippen LogP contribution in [0.5, 0.6) is 0 Å². The van der Waals surface area contributed by atoms with Gasteiger partial charge in [-0.15, -0.1) is 0 Å². The van der Waals surface area contributed by atoms with Crippen LogP contribution in [0.25, 0.3) is 0 Å². The molecule has 0 unspecified atom stereocenters. The zero-order chi connectivity index (χ0) is 10.4. The van der Waals surface area contributed by atoms with Gasteiger partial charge >= 0.3 is 92.1 Å². The van der Waals surface area contributed by atoms with Gasteiger partial charge in [0.1, 0.15) is 0 Å². The Hall–Kier alpha value is -1.44. The van der Waals surface area contributed by atoms with Crippen molar-refractivity contribution < 1.29 is 9.59 Å². The number of hydrogen-bond acceptors (Lipinski definition) is 2. The van der Waals surface area contributed by atoms with Gasteiger partial charge in [0.15, 0.2) is 0 Å². The first kappa shape index (κ1) is 8.83. The monoisotopic (exact) mass is 262 g/mol. The molecule has 0 radical (unpaired) electrons. The minimum atomic E-state index is -0.00387. The number of ketones is 2. The molecule has 0 aliphatic heterocycles. The molecule has 3 rings (SSSR count). The summed E-state index contributed by atoms with van der Waals surface area (Å²) in [4.78, 5) is 25.9. The summed E-state index contributed by atoms with van der Waals surface area (Å²) in [7, 11) is 0. The van der Waals surface area contributed by atoms with Gasteiger partial charge in [-0.2, -0.15) is 0 Å². The van der Waals surface area contributed by atoms with Crippen LogP contribution in [-0.2, 0) is 0 Å². The van der Waals surface area contributed by atoms with Gasteiger partial charge in [-0.05, 0) is 0 Å². The van der Waals surface area contributed by atoms with E-state index in [9.17, 15) is 9.59 Å². The van der Waals surface area contributed by atoms with Gasteiger partial charge in [0.05, 0.1) is 0 Å². The predicted octanol–water partition coefficient (Wildman–Crippen LogP) is 1.52. The Labute approximate surface area is 92.3 Å². The second-order valence-electron chi connectivity index (χ2n) is 3.37. The maximum atomic E-state index is 12.0. The van der Waals surface area contributed by atoms with Crippen LogP contribution in [0.15, 0.2) is 35.3 Å². The quantitative estimate of drug-likeness (QED) is 0.575. The normalized spacial score (nSPS) is 13.6. The van der Waals surface area contributed by atoms with E-state index in [2.05, 4.69) is 0 Å². The van der Waals surface area contributed by atoms with Crippen molar-refractivity contribution in [3.8, 4) is 0 Å². The number of rotatable bonds is 0. The average molecular weight is 261 g/mol. The zero-order valence-corrected chi connectivity index (χ0v) is 9.40. The number of hydrogen-bond donors (Lipinski definition) is 0. The third-order valence-corrected chi connectivity index (χ3v) is 4.45. The number of fused-ring (bicyclic) bond motifs is 2.